The van der Waals surface area contributed by atoms with Gasteiger partial charge in [0.2, 0.25) is 5.91 Å². The molecule has 1 saturated heterocycles. The molecular formula is C26H30Cl2N6O. The number of aromatic nitrogens is 4. The van der Waals surface area contributed by atoms with E-state index in [1.807, 2.05) is 36.9 Å². The van der Waals surface area contributed by atoms with Crippen LogP contribution in [0.5, 0.6) is 0 Å². The van der Waals surface area contributed by atoms with Gasteiger partial charge in [-0.05, 0) is 75.3 Å². The zero-order valence-electron chi connectivity index (χ0n) is 20.2. The fraction of sp³-hybridized carbons (Fsp3) is 0.462. The van der Waals surface area contributed by atoms with Gasteiger partial charge >= 0.3 is 0 Å². The van der Waals surface area contributed by atoms with Crippen LogP contribution in [-0.2, 0) is 4.79 Å². The molecule has 7 nitrogen and oxygen atoms in total. The second-order valence-corrected chi connectivity index (χ2v) is 10.7. The maximum Gasteiger partial charge on any atom is 0.234 e. The van der Waals surface area contributed by atoms with Crippen LogP contribution in [0.2, 0.25) is 10.0 Å². The van der Waals surface area contributed by atoms with E-state index < -0.39 is 0 Å². The SMILES string of the molecule is Cc1nn([C@H](C)c2ccc(Cl)cc2Cl)c2nc(C3=CC[C@H](N4CCC[C@H]4C(N)=O)[C@H](C)C3)cnc12. The van der Waals surface area contributed by atoms with Gasteiger partial charge in [-0.3, -0.25) is 9.69 Å². The van der Waals surface area contributed by atoms with Crippen LogP contribution in [0.4, 0.5) is 0 Å². The Morgan fingerprint density at radius 2 is 2.09 bits per heavy atom. The first kappa shape index (κ1) is 24.2. The number of carbonyl (C=O) groups is 1. The van der Waals surface area contributed by atoms with E-state index in [0.717, 1.165) is 60.3 Å². The second kappa shape index (κ2) is 9.52. The summed E-state index contributed by atoms with van der Waals surface area (Å²) in [6.07, 6.45) is 7.73. The van der Waals surface area contributed by atoms with Crippen LogP contribution in [0.25, 0.3) is 16.7 Å². The fourth-order valence-corrected chi connectivity index (χ4v) is 6.24. The summed E-state index contributed by atoms with van der Waals surface area (Å²) in [4.78, 5) is 24.0. The molecule has 0 unspecified atom stereocenters. The standard InChI is InChI=1S/C26H30Cl2N6O/c1-14-11-17(6-9-22(14)33-10-4-5-23(33)25(29)35)21-13-30-24-15(2)32-34(26(24)31-21)16(3)19-8-7-18(27)12-20(19)28/h6-8,12-14,16,22-23H,4-5,9-11H2,1-3H3,(H2,29,35)/t14-,16-,22+,23+/m1/s1. The number of nitrogens with zero attached hydrogens (tertiary/aromatic N) is 5. The summed E-state index contributed by atoms with van der Waals surface area (Å²) in [6.45, 7) is 7.17. The largest absolute Gasteiger partial charge is 0.368 e. The lowest BCUT2D eigenvalue weighted by Gasteiger charge is -2.38. The zero-order chi connectivity index (χ0) is 24.9. The topological polar surface area (TPSA) is 89.9 Å². The van der Waals surface area contributed by atoms with Crippen molar-refractivity contribution in [2.24, 2.45) is 11.7 Å². The van der Waals surface area contributed by atoms with Crippen LogP contribution in [0, 0.1) is 12.8 Å². The molecule has 1 aromatic carbocycles. The van der Waals surface area contributed by atoms with Crippen molar-refractivity contribution in [1.82, 2.24) is 24.6 Å². The number of likely N-dealkylation sites (tertiary alicyclic amines) is 1. The zero-order valence-corrected chi connectivity index (χ0v) is 21.7. The van der Waals surface area contributed by atoms with Crippen molar-refractivity contribution in [3.8, 4) is 0 Å². The molecule has 0 saturated carbocycles. The van der Waals surface area contributed by atoms with Gasteiger partial charge < -0.3 is 5.73 Å². The van der Waals surface area contributed by atoms with Gasteiger partial charge in [0.1, 0.15) is 5.52 Å². The predicted octanol–water partition coefficient (Wildman–Crippen LogP) is 5.18. The van der Waals surface area contributed by atoms with Gasteiger partial charge in [-0.2, -0.15) is 5.10 Å². The third kappa shape index (κ3) is 4.46. The third-order valence-corrected chi connectivity index (χ3v) is 8.10. The lowest BCUT2D eigenvalue weighted by molar-refractivity contribution is -0.123. The van der Waals surface area contributed by atoms with Crippen molar-refractivity contribution in [1.29, 1.82) is 0 Å². The maximum atomic E-state index is 11.9. The van der Waals surface area contributed by atoms with Crippen molar-refractivity contribution < 1.29 is 4.79 Å². The number of benzene rings is 1. The number of nitrogens with two attached hydrogens (primary N) is 1. The summed E-state index contributed by atoms with van der Waals surface area (Å²) in [7, 11) is 0. The summed E-state index contributed by atoms with van der Waals surface area (Å²) in [5.74, 6) is 0.172. The highest BCUT2D eigenvalue weighted by molar-refractivity contribution is 6.35. The lowest BCUT2D eigenvalue weighted by Crippen LogP contribution is -2.48. The molecule has 3 aromatic rings. The lowest BCUT2D eigenvalue weighted by atomic mass is 9.83. The molecule has 2 aromatic heterocycles. The van der Waals surface area contributed by atoms with Gasteiger partial charge in [-0.1, -0.05) is 42.3 Å². The first-order chi connectivity index (χ1) is 16.7. The van der Waals surface area contributed by atoms with Gasteiger partial charge in [0.25, 0.3) is 0 Å². The average Bonchev–Trinajstić information content (AvgIpc) is 3.43. The number of allylic oxidation sites excluding steroid dienone is 1. The van der Waals surface area contributed by atoms with E-state index >= 15 is 0 Å². The molecule has 184 valence electrons. The summed E-state index contributed by atoms with van der Waals surface area (Å²) in [5, 5.41) is 5.95. The van der Waals surface area contributed by atoms with Crippen molar-refractivity contribution in [3.63, 3.8) is 0 Å². The van der Waals surface area contributed by atoms with Crippen molar-refractivity contribution in [2.75, 3.05) is 6.54 Å². The number of fused-ring (bicyclic) bond motifs is 1. The van der Waals surface area contributed by atoms with Crippen LogP contribution in [0.15, 0.2) is 30.5 Å². The number of hydrogen-bond acceptors (Lipinski definition) is 5. The van der Waals surface area contributed by atoms with E-state index in [4.69, 9.17) is 44.0 Å². The summed E-state index contributed by atoms with van der Waals surface area (Å²) < 4.78 is 1.90. The molecular weight excluding hydrogens is 483 g/mol. The van der Waals surface area contributed by atoms with Gasteiger partial charge in [0, 0.05) is 16.1 Å². The van der Waals surface area contributed by atoms with E-state index in [-0.39, 0.29) is 18.0 Å². The average molecular weight is 513 g/mol. The first-order valence-corrected chi connectivity index (χ1v) is 12.9. The maximum absolute atomic E-state index is 11.9. The van der Waals surface area contributed by atoms with Crippen LogP contribution >= 0.6 is 23.2 Å². The monoisotopic (exact) mass is 512 g/mol. The minimum absolute atomic E-state index is 0.134. The molecule has 1 amide bonds. The van der Waals surface area contributed by atoms with Crippen LogP contribution in [-0.4, -0.2) is 49.2 Å². The van der Waals surface area contributed by atoms with Crippen molar-refractivity contribution >= 4 is 45.8 Å². The van der Waals surface area contributed by atoms with E-state index in [1.54, 1.807) is 6.07 Å². The van der Waals surface area contributed by atoms with Crippen molar-refractivity contribution in [2.45, 2.75) is 64.6 Å². The molecule has 3 heterocycles. The van der Waals surface area contributed by atoms with E-state index in [0.29, 0.717) is 22.0 Å². The number of aryl methyl sites for hydroxylation is 1. The van der Waals surface area contributed by atoms with Crippen LogP contribution in [0.1, 0.15) is 62.5 Å². The molecule has 0 radical (unpaired) electrons. The quantitative estimate of drug-likeness (QED) is 0.508. The Balaban J connectivity index is 1.46. The highest BCUT2D eigenvalue weighted by atomic mass is 35.5. The molecule has 0 bridgehead atoms. The summed E-state index contributed by atoms with van der Waals surface area (Å²) in [6, 6.07) is 5.55. The van der Waals surface area contributed by atoms with Crippen LogP contribution < -0.4 is 5.73 Å². The minimum Gasteiger partial charge on any atom is -0.368 e. The second-order valence-electron chi connectivity index (χ2n) is 9.81. The minimum atomic E-state index is -0.209. The molecule has 2 N–H and O–H groups in total. The van der Waals surface area contributed by atoms with E-state index in [1.165, 1.54) is 5.57 Å². The van der Waals surface area contributed by atoms with E-state index in [9.17, 15) is 4.79 Å². The molecule has 5 rings (SSSR count). The highest BCUT2D eigenvalue weighted by Gasteiger charge is 2.37. The molecule has 1 aliphatic carbocycles. The summed E-state index contributed by atoms with van der Waals surface area (Å²) >= 11 is 12.6. The van der Waals surface area contributed by atoms with Crippen molar-refractivity contribution in [3.05, 3.63) is 57.5 Å². The molecule has 1 aliphatic heterocycles. The number of rotatable bonds is 5. The Labute approximate surface area is 215 Å². The Kier molecular flexibility index (Phi) is 6.59. The molecule has 0 spiro atoms. The number of halogens is 2. The Morgan fingerprint density at radius 1 is 1.29 bits per heavy atom. The highest BCUT2D eigenvalue weighted by Crippen LogP contribution is 2.37. The van der Waals surface area contributed by atoms with Gasteiger partial charge in [-0.25, -0.2) is 14.6 Å². The molecule has 4 atom stereocenters. The normalized spacial score (nSPS) is 24.0. The van der Waals surface area contributed by atoms with Gasteiger partial charge in [0.15, 0.2) is 5.65 Å². The third-order valence-electron chi connectivity index (χ3n) is 7.53. The fourth-order valence-electron chi connectivity index (χ4n) is 5.67. The first-order valence-electron chi connectivity index (χ1n) is 12.2. The Morgan fingerprint density at radius 3 is 2.80 bits per heavy atom. The molecule has 2 aliphatic rings. The Bertz CT molecular complexity index is 1320. The smallest absolute Gasteiger partial charge is 0.234 e. The molecule has 9 heteroatoms. The Hall–Kier alpha value is -2.48. The molecule has 35 heavy (non-hydrogen) atoms. The number of amides is 1. The number of carbonyl (C=O) groups excluding carboxylic acids is 1. The van der Waals surface area contributed by atoms with Gasteiger partial charge in [0.05, 0.1) is 29.7 Å². The number of hydrogen-bond donors (Lipinski definition) is 1. The number of primary amides is 1. The summed E-state index contributed by atoms with van der Waals surface area (Å²) in [5.41, 5.74) is 11.0. The van der Waals surface area contributed by atoms with E-state index in [2.05, 4.69) is 17.9 Å². The predicted molar refractivity (Wildman–Crippen MR) is 139 cm³/mol. The van der Waals surface area contributed by atoms with Gasteiger partial charge in [-0.15, -0.1) is 0 Å². The molecule has 1 fully saturated rings. The van der Waals surface area contributed by atoms with Crippen LogP contribution in [0.3, 0.4) is 0 Å².